The van der Waals surface area contributed by atoms with E-state index in [-0.39, 0.29) is 0 Å². The van der Waals surface area contributed by atoms with Gasteiger partial charge in [0.2, 0.25) is 0 Å². The van der Waals surface area contributed by atoms with E-state index in [4.69, 9.17) is 4.42 Å². The fourth-order valence-electron chi connectivity index (χ4n) is 2.03. The summed E-state index contributed by atoms with van der Waals surface area (Å²) in [6.45, 7) is 11.0. The van der Waals surface area contributed by atoms with Crippen LogP contribution in [0, 0.1) is 19.8 Å². The van der Waals surface area contributed by atoms with Crippen molar-refractivity contribution in [2.75, 3.05) is 6.54 Å². The van der Waals surface area contributed by atoms with Crippen LogP contribution in [0.5, 0.6) is 0 Å². The fourth-order valence-corrected chi connectivity index (χ4v) is 2.03. The SMILES string of the molecule is Cc1ccn(Cc2cc(C)c(CNCC(C)C)o2)n1. The minimum Gasteiger partial charge on any atom is -0.462 e. The molecule has 2 heterocycles. The molecule has 0 spiro atoms. The van der Waals surface area contributed by atoms with Gasteiger partial charge in [-0.25, -0.2) is 0 Å². The van der Waals surface area contributed by atoms with E-state index in [9.17, 15) is 0 Å². The number of nitrogens with one attached hydrogen (secondary N) is 1. The molecule has 19 heavy (non-hydrogen) atoms. The highest BCUT2D eigenvalue weighted by Crippen LogP contribution is 2.15. The number of hydrogen-bond acceptors (Lipinski definition) is 3. The van der Waals surface area contributed by atoms with Crippen molar-refractivity contribution in [3.05, 3.63) is 41.1 Å². The van der Waals surface area contributed by atoms with Crippen molar-refractivity contribution in [1.29, 1.82) is 0 Å². The van der Waals surface area contributed by atoms with E-state index in [0.717, 1.165) is 30.3 Å². The molecule has 2 rings (SSSR count). The van der Waals surface area contributed by atoms with E-state index in [1.807, 2.05) is 23.9 Å². The monoisotopic (exact) mass is 261 g/mol. The maximum Gasteiger partial charge on any atom is 0.126 e. The Morgan fingerprint density at radius 2 is 2.16 bits per heavy atom. The lowest BCUT2D eigenvalue weighted by Gasteiger charge is -2.06. The van der Waals surface area contributed by atoms with E-state index in [1.165, 1.54) is 5.56 Å². The number of furan rings is 1. The van der Waals surface area contributed by atoms with Crippen LogP contribution >= 0.6 is 0 Å². The Kier molecular flexibility index (Phi) is 4.43. The van der Waals surface area contributed by atoms with E-state index >= 15 is 0 Å². The Hall–Kier alpha value is -1.55. The summed E-state index contributed by atoms with van der Waals surface area (Å²) in [6, 6.07) is 4.10. The third-order valence-electron chi connectivity index (χ3n) is 3.00. The fraction of sp³-hybridized carbons (Fsp3) is 0.533. The molecule has 0 fully saturated rings. The van der Waals surface area contributed by atoms with E-state index in [1.54, 1.807) is 0 Å². The molecule has 0 aliphatic heterocycles. The summed E-state index contributed by atoms with van der Waals surface area (Å²) in [6.07, 6.45) is 1.98. The second-order valence-corrected chi connectivity index (χ2v) is 5.50. The van der Waals surface area contributed by atoms with Crippen molar-refractivity contribution >= 4 is 0 Å². The summed E-state index contributed by atoms with van der Waals surface area (Å²) in [5.74, 6) is 2.64. The Morgan fingerprint density at radius 1 is 1.37 bits per heavy atom. The first-order valence-electron chi connectivity index (χ1n) is 6.83. The number of rotatable bonds is 6. The minimum absolute atomic E-state index is 0.654. The van der Waals surface area contributed by atoms with Crippen LogP contribution in [0.2, 0.25) is 0 Å². The van der Waals surface area contributed by atoms with Crippen LogP contribution in [0.1, 0.15) is 36.6 Å². The normalized spacial score (nSPS) is 11.4. The Labute approximate surface area is 114 Å². The molecule has 104 valence electrons. The van der Waals surface area contributed by atoms with Gasteiger partial charge in [-0.1, -0.05) is 13.8 Å². The third kappa shape index (κ3) is 3.96. The summed E-state index contributed by atoms with van der Waals surface area (Å²) in [4.78, 5) is 0. The van der Waals surface area contributed by atoms with Gasteiger partial charge in [0.25, 0.3) is 0 Å². The molecule has 0 saturated carbocycles. The van der Waals surface area contributed by atoms with Gasteiger partial charge < -0.3 is 9.73 Å². The average molecular weight is 261 g/mol. The molecular formula is C15H23N3O. The van der Waals surface area contributed by atoms with E-state index < -0.39 is 0 Å². The standard InChI is InChI=1S/C15H23N3O/c1-11(2)8-16-9-15-12(3)7-14(19-15)10-18-6-5-13(4)17-18/h5-7,11,16H,8-10H2,1-4H3. The first-order chi connectivity index (χ1) is 9.04. The van der Waals surface area contributed by atoms with Crippen LogP contribution in [-0.4, -0.2) is 16.3 Å². The van der Waals surface area contributed by atoms with Gasteiger partial charge in [-0.3, -0.25) is 4.68 Å². The number of aryl methyl sites for hydroxylation is 2. The van der Waals surface area contributed by atoms with Crippen molar-refractivity contribution in [3.63, 3.8) is 0 Å². The van der Waals surface area contributed by atoms with E-state index in [2.05, 4.69) is 37.3 Å². The largest absolute Gasteiger partial charge is 0.462 e. The maximum atomic E-state index is 5.89. The molecule has 0 radical (unpaired) electrons. The molecule has 0 aromatic carbocycles. The van der Waals surface area contributed by atoms with Gasteiger partial charge in [-0.2, -0.15) is 5.10 Å². The molecule has 0 atom stereocenters. The quantitative estimate of drug-likeness (QED) is 0.869. The third-order valence-corrected chi connectivity index (χ3v) is 3.00. The molecular weight excluding hydrogens is 238 g/mol. The van der Waals surface area contributed by atoms with Crippen molar-refractivity contribution in [3.8, 4) is 0 Å². The molecule has 0 aliphatic carbocycles. The lowest BCUT2D eigenvalue weighted by Crippen LogP contribution is -2.19. The highest BCUT2D eigenvalue weighted by Gasteiger charge is 2.08. The second-order valence-electron chi connectivity index (χ2n) is 5.50. The van der Waals surface area contributed by atoms with Crippen LogP contribution in [0.3, 0.4) is 0 Å². The molecule has 2 aromatic rings. The smallest absolute Gasteiger partial charge is 0.126 e. The summed E-state index contributed by atoms with van der Waals surface area (Å²) in [5.41, 5.74) is 2.23. The Balaban J connectivity index is 1.96. The van der Waals surface area contributed by atoms with Crippen LogP contribution in [-0.2, 0) is 13.1 Å². The van der Waals surface area contributed by atoms with Crippen molar-refractivity contribution in [2.24, 2.45) is 5.92 Å². The number of hydrogen-bond donors (Lipinski definition) is 1. The van der Waals surface area contributed by atoms with Crippen LogP contribution in [0.15, 0.2) is 22.7 Å². The van der Waals surface area contributed by atoms with Crippen molar-refractivity contribution in [2.45, 2.75) is 40.8 Å². The van der Waals surface area contributed by atoms with Crippen LogP contribution in [0.25, 0.3) is 0 Å². The van der Waals surface area contributed by atoms with E-state index in [0.29, 0.717) is 12.5 Å². The Bertz CT molecular complexity index is 525. The molecule has 0 saturated heterocycles. The van der Waals surface area contributed by atoms with Crippen LogP contribution < -0.4 is 5.32 Å². The number of aromatic nitrogens is 2. The highest BCUT2D eigenvalue weighted by atomic mass is 16.3. The summed E-state index contributed by atoms with van der Waals surface area (Å²) >= 11 is 0. The van der Waals surface area contributed by atoms with Gasteiger partial charge in [0.05, 0.1) is 18.8 Å². The minimum atomic E-state index is 0.654. The second kappa shape index (κ2) is 6.06. The molecule has 4 heteroatoms. The predicted octanol–water partition coefficient (Wildman–Crippen LogP) is 2.89. The van der Waals surface area contributed by atoms with Gasteiger partial charge in [0.1, 0.15) is 11.5 Å². The Morgan fingerprint density at radius 3 is 2.79 bits per heavy atom. The van der Waals surface area contributed by atoms with Gasteiger partial charge in [-0.05, 0) is 44.0 Å². The zero-order chi connectivity index (χ0) is 13.8. The molecule has 2 aromatic heterocycles. The zero-order valence-corrected chi connectivity index (χ0v) is 12.2. The molecule has 0 aliphatic rings. The van der Waals surface area contributed by atoms with Gasteiger partial charge >= 0.3 is 0 Å². The van der Waals surface area contributed by atoms with Crippen LogP contribution in [0.4, 0.5) is 0 Å². The summed E-state index contributed by atoms with van der Waals surface area (Å²) < 4.78 is 7.79. The average Bonchev–Trinajstić information content (AvgIpc) is 2.86. The van der Waals surface area contributed by atoms with Gasteiger partial charge in [-0.15, -0.1) is 0 Å². The lowest BCUT2D eigenvalue weighted by atomic mass is 10.2. The van der Waals surface area contributed by atoms with Crippen molar-refractivity contribution in [1.82, 2.24) is 15.1 Å². The zero-order valence-electron chi connectivity index (χ0n) is 12.2. The molecule has 0 amide bonds. The van der Waals surface area contributed by atoms with Gasteiger partial charge in [0, 0.05) is 6.20 Å². The first kappa shape index (κ1) is 13.9. The summed E-state index contributed by atoms with van der Waals surface area (Å²) in [5, 5.41) is 7.78. The molecule has 1 N–H and O–H groups in total. The predicted molar refractivity (Wildman–Crippen MR) is 76.1 cm³/mol. The lowest BCUT2D eigenvalue weighted by molar-refractivity contribution is 0.421. The maximum absolute atomic E-state index is 5.89. The molecule has 0 bridgehead atoms. The topological polar surface area (TPSA) is 43.0 Å². The summed E-state index contributed by atoms with van der Waals surface area (Å²) in [7, 11) is 0. The highest BCUT2D eigenvalue weighted by molar-refractivity contribution is 5.20. The number of nitrogens with zero attached hydrogens (tertiary/aromatic N) is 2. The molecule has 0 unspecified atom stereocenters. The van der Waals surface area contributed by atoms with Gasteiger partial charge in [0.15, 0.2) is 0 Å². The van der Waals surface area contributed by atoms with Crippen molar-refractivity contribution < 1.29 is 4.42 Å². The molecule has 4 nitrogen and oxygen atoms in total. The first-order valence-corrected chi connectivity index (χ1v) is 6.83.